The summed E-state index contributed by atoms with van der Waals surface area (Å²) >= 11 is 0. The Hall–Kier alpha value is -1.87. The first-order valence-electron chi connectivity index (χ1n) is 6.94. The second kappa shape index (κ2) is 6.53. The van der Waals surface area contributed by atoms with Crippen LogP contribution in [0, 0.1) is 0 Å². The minimum atomic E-state index is 0.0251. The van der Waals surface area contributed by atoms with Crippen molar-refractivity contribution in [1.29, 1.82) is 0 Å². The van der Waals surface area contributed by atoms with E-state index in [2.05, 4.69) is 52.7 Å². The molecule has 0 bridgehead atoms. The molecular formula is C17H22N2O. The lowest BCUT2D eigenvalue weighted by Crippen LogP contribution is -2.42. The molecule has 106 valence electrons. The topological polar surface area (TPSA) is 32.3 Å². The van der Waals surface area contributed by atoms with Crippen LogP contribution in [0.3, 0.4) is 0 Å². The molecule has 0 aliphatic carbocycles. The average Bonchev–Trinajstić information content (AvgIpc) is 2.37. The highest BCUT2D eigenvalue weighted by molar-refractivity contribution is 5.85. The number of nitrogens with zero attached hydrogens (tertiary/aromatic N) is 1. The van der Waals surface area contributed by atoms with Crippen molar-refractivity contribution in [2.45, 2.75) is 19.4 Å². The Kier molecular flexibility index (Phi) is 4.74. The molecule has 0 radical (unpaired) electrons. The van der Waals surface area contributed by atoms with Crippen molar-refractivity contribution in [1.82, 2.24) is 10.2 Å². The molecule has 2 rings (SSSR count). The van der Waals surface area contributed by atoms with Crippen LogP contribution in [0.25, 0.3) is 10.8 Å². The van der Waals surface area contributed by atoms with Crippen molar-refractivity contribution in [3.63, 3.8) is 0 Å². The predicted molar refractivity (Wildman–Crippen MR) is 83.8 cm³/mol. The predicted octanol–water partition coefficient (Wildman–Crippen LogP) is 2.45. The summed E-state index contributed by atoms with van der Waals surface area (Å²) in [6, 6.07) is 14.9. The maximum Gasteiger partial charge on any atom is 0.217 e. The molecule has 0 aliphatic heterocycles. The van der Waals surface area contributed by atoms with E-state index < -0.39 is 0 Å². The van der Waals surface area contributed by atoms with E-state index in [0.717, 1.165) is 13.0 Å². The molecule has 0 heterocycles. The fourth-order valence-electron chi connectivity index (χ4n) is 2.63. The number of fused-ring (bicyclic) bond motifs is 1. The van der Waals surface area contributed by atoms with Crippen LogP contribution in [0.15, 0.2) is 42.5 Å². The molecule has 0 unspecified atom stereocenters. The Morgan fingerprint density at radius 3 is 2.55 bits per heavy atom. The van der Waals surface area contributed by atoms with Crippen LogP contribution >= 0.6 is 0 Å². The highest BCUT2D eigenvalue weighted by Gasteiger charge is 2.13. The van der Waals surface area contributed by atoms with Gasteiger partial charge in [0.05, 0.1) is 0 Å². The lowest BCUT2D eigenvalue weighted by molar-refractivity contribution is -0.119. The van der Waals surface area contributed by atoms with E-state index in [9.17, 15) is 4.79 Å². The largest absolute Gasteiger partial charge is 0.352 e. The third-order valence-electron chi connectivity index (χ3n) is 3.34. The van der Waals surface area contributed by atoms with Gasteiger partial charge in [0.25, 0.3) is 0 Å². The van der Waals surface area contributed by atoms with E-state index in [1.807, 2.05) is 14.1 Å². The summed E-state index contributed by atoms with van der Waals surface area (Å²) in [7, 11) is 4.05. The van der Waals surface area contributed by atoms with Crippen molar-refractivity contribution in [3.05, 3.63) is 48.0 Å². The highest BCUT2D eigenvalue weighted by atomic mass is 16.1. The van der Waals surface area contributed by atoms with Crippen LogP contribution in [0.4, 0.5) is 0 Å². The van der Waals surface area contributed by atoms with Crippen molar-refractivity contribution in [2.75, 3.05) is 20.6 Å². The Bertz CT molecular complexity index is 587. The van der Waals surface area contributed by atoms with Crippen LogP contribution in [-0.4, -0.2) is 37.5 Å². The molecule has 3 nitrogen and oxygen atoms in total. The van der Waals surface area contributed by atoms with Gasteiger partial charge in [0.15, 0.2) is 0 Å². The molecule has 0 saturated carbocycles. The number of hydrogen-bond donors (Lipinski definition) is 1. The van der Waals surface area contributed by atoms with E-state index in [1.165, 1.54) is 16.3 Å². The SMILES string of the molecule is CC(=O)N[C@@H](Cc1cccc2ccccc12)CN(C)C. The van der Waals surface area contributed by atoms with Gasteiger partial charge in [-0.25, -0.2) is 0 Å². The maximum atomic E-state index is 11.4. The second-order valence-corrected chi connectivity index (χ2v) is 5.50. The third-order valence-corrected chi connectivity index (χ3v) is 3.34. The third kappa shape index (κ3) is 3.81. The summed E-state index contributed by atoms with van der Waals surface area (Å²) in [5, 5.41) is 5.56. The summed E-state index contributed by atoms with van der Waals surface area (Å²) in [5.41, 5.74) is 1.28. The van der Waals surface area contributed by atoms with E-state index in [-0.39, 0.29) is 11.9 Å². The Labute approximate surface area is 120 Å². The van der Waals surface area contributed by atoms with E-state index in [1.54, 1.807) is 6.92 Å². The molecule has 1 N–H and O–H groups in total. The Balaban J connectivity index is 2.25. The molecule has 2 aromatic rings. The number of carbonyl (C=O) groups is 1. The number of hydrogen-bond acceptors (Lipinski definition) is 2. The Morgan fingerprint density at radius 1 is 1.15 bits per heavy atom. The smallest absolute Gasteiger partial charge is 0.217 e. The molecule has 3 heteroatoms. The fourth-order valence-corrected chi connectivity index (χ4v) is 2.63. The molecule has 20 heavy (non-hydrogen) atoms. The van der Waals surface area contributed by atoms with Crippen LogP contribution in [0.1, 0.15) is 12.5 Å². The quantitative estimate of drug-likeness (QED) is 0.905. The summed E-state index contributed by atoms with van der Waals surface area (Å²) < 4.78 is 0. The van der Waals surface area contributed by atoms with Crippen LogP contribution in [-0.2, 0) is 11.2 Å². The number of amides is 1. The van der Waals surface area contributed by atoms with Gasteiger partial charge in [-0.2, -0.15) is 0 Å². The van der Waals surface area contributed by atoms with Gasteiger partial charge in [-0.05, 0) is 36.9 Å². The van der Waals surface area contributed by atoms with Gasteiger partial charge in [0.2, 0.25) is 5.91 Å². The average molecular weight is 270 g/mol. The number of benzene rings is 2. The number of rotatable bonds is 5. The zero-order chi connectivity index (χ0) is 14.5. The maximum absolute atomic E-state index is 11.4. The van der Waals surface area contributed by atoms with Crippen molar-refractivity contribution >= 4 is 16.7 Å². The van der Waals surface area contributed by atoms with Crippen molar-refractivity contribution in [3.8, 4) is 0 Å². The zero-order valence-electron chi connectivity index (χ0n) is 12.4. The molecule has 0 aliphatic rings. The summed E-state index contributed by atoms with van der Waals surface area (Å²) in [6.45, 7) is 2.41. The second-order valence-electron chi connectivity index (χ2n) is 5.50. The molecule has 0 fully saturated rings. The van der Waals surface area contributed by atoms with Crippen LogP contribution in [0.2, 0.25) is 0 Å². The summed E-state index contributed by atoms with van der Waals surface area (Å²) in [6.07, 6.45) is 0.846. The Morgan fingerprint density at radius 2 is 1.85 bits per heavy atom. The molecule has 0 aromatic heterocycles. The molecular weight excluding hydrogens is 248 g/mol. The zero-order valence-corrected chi connectivity index (χ0v) is 12.4. The first-order chi connectivity index (χ1) is 9.56. The van der Waals surface area contributed by atoms with Gasteiger partial charge in [-0.15, -0.1) is 0 Å². The van der Waals surface area contributed by atoms with Gasteiger partial charge in [-0.1, -0.05) is 42.5 Å². The summed E-state index contributed by atoms with van der Waals surface area (Å²) in [5.74, 6) is 0.0251. The van der Waals surface area contributed by atoms with Gasteiger partial charge in [0.1, 0.15) is 0 Å². The number of likely N-dealkylation sites (N-methyl/N-ethyl adjacent to an activating group) is 1. The van der Waals surface area contributed by atoms with Crippen molar-refractivity contribution in [2.24, 2.45) is 0 Å². The van der Waals surface area contributed by atoms with Crippen molar-refractivity contribution < 1.29 is 4.79 Å². The first kappa shape index (κ1) is 14.5. The highest BCUT2D eigenvalue weighted by Crippen LogP contribution is 2.19. The molecule has 1 amide bonds. The van der Waals surface area contributed by atoms with Crippen LogP contribution < -0.4 is 5.32 Å². The lowest BCUT2D eigenvalue weighted by Gasteiger charge is -2.22. The summed E-state index contributed by atoms with van der Waals surface area (Å²) in [4.78, 5) is 13.5. The molecule has 2 aromatic carbocycles. The molecule has 1 atom stereocenters. The van der Waals surface area contributed by atoms with Gasteiger partial charge < -0.3 is 10.2 Å². The fraction of sp³-hybridized carbons (Fsp3) is 0.353. The van der Waals surface area contributed by atoms with E-state index in [0.29, 0.717) is 0 Å². The lowest BCUT2D eigenvalue weighted by atomic mass is 9.98. The van der Waals surface area contributed by atoms with Gasteiger partial charge >= 0.3 is 0 Å². The molecule has 0 saturated heterocycles. The number of carbonyl (C=O) groups excluding carboxylic acids is 1. The first-order valence-corrected chi connectivity index (χ1v) is 6.94. The van der Waals surface area contributed by atoms with E-state index in [4.69, 9.17) is 0 Å². The normalized spacial score (nSPS) is 12.6. The molecule has 0 spiro atoms. The monoisotopic (exact) mass is 270 g/mol. The van der Waals surface area contributed by atoms with Gasteiger partial charge in [0, 0.05) is 19.5 Å². The van der Waals surface area contributed by atoms with E-state index >= 15 is 0 Å². The van der Waals surface area contributed by atoms with Gasteiger partial charge in [-0.3, -0.25) is 4.79 Å². The minimum absolute atomic E-state index is 0.0251. The number of nitrogens with one attached hydrogen (secondary N) is 1. The minimum Gasteiger partial charge on any atom is -0.352 e. The standard InChI is InChI=1S/C17H22N2O/c1-13(20)18-16(12-19(2)3)11-15-9-6-8-14-7-4-5-10-17(14)15/h4-10,16H,11-12H2,1-3H3,(H,18,20)/t16-/m0/s1. The van der Waals surface area contributed by atoms with Crippen LogP contribution in [0.5, 0.6) is 0 Å².